The molecule has 0 spiro atoms. The fraction of sp³-hybridized carbons (Fsp3) is 0.714. The Morgan fingerprint density at radius 2 is 2.12 bits per heavy atom. The number of hydrogen-bond donors (Lipinski definition) is 1. The van der Waals surface area contributed by atoms with Gasteiger partial charge in [0.2, 0.25) is 0 Å². The molecule has 0 aromatic carbocycles. The molecule has 0 bridgehead atoms. The van der Waals surface area contributed by atoms with Gasteiger partial charge in [0.15, 0.2) is 0 Å². The highest BCUT2D eigenvalue weighted by Gasteiger charge is 2.37. The van der Waals surface area contributed by atoms with Gasteiger partial charge < -0.3 is 5.32 Å². The van der Waals surface area contributed by atoms with Gasteiger partial charge in [0.25, 0.3) is 0 Å². The van der Waals surface area contributed by atoms with Crippen LogP contribution in [0.25, 0.3) is 0 Å². The van der Waals surface area contributed by atoms with Gasteiger partial charge in [-0.3, -0.25) is 0 Å². The Hall–Kier alpha value is -1.12. The smallest absolute Gasteiger partial charge is 0.134 e. The van der Waals surface area contributed by atoms with Gasteiger partial charge in [0.1, 0.15) is 11.6 Å². The molecule has 1 aromatic heterocycles. The Bertz CT molecular complexity index is 428. The molecule has 2 unspecified atom stereocenters. The zero-order valence-corrected chi connectivity index (χ0v) is 10.8. The van der Waals surface area contributed by atoms with E-state index in [1.165, 1.54) is 24.1 Å². The van der Waals surface area contributed by atoms with Crippen molar-refractivity contribution < 1.29 is 0 Å². The highest BCUT2D eigenvalue weighted by molar-refractivity contribution is 5.49. The zero-order chi connectivity index (χ0) is 11.8. The monoisotopic (exact) mass is 231 g/mol. The van der Waals surface area contributed by atoms with E-state index in [0.717, 1.165) is 43.4 Å². The van der Waals surface area contributed by atoms with Gasteiger partial charge in [-0.1, -0.05) is 13.8 Å². The van der Waals surface area contributed by atoms with Crippen molar-refractivity contribution >= 4 is 5.82 Å². The second-order valence-corrected chi connectivity index (χ2v) is 5.46. The van der Waals surface area contributed by atoms with Crippen LogP contribution in [0.5, 0.6) is 0 Å². The topological polar surface area (TPSA) is 37.8 Å². The highest BCUT2D eigenvalue weighted by Crippen LogP contribution is 2.46. The summed E-state index contributed by atoms with van der Waals surface area (Å²) in [5.74, 6) is 3.64. The molecule has 92 valence electrons. The quantitative estimate of drug-likeness (QED) is 0.865. The summed E-state index contributed by atoms with van der Waals surface area (Å²) in [4.78, 5) is 9.56. The Morgan fingerprint density at radius 3 is 2.82 bits per heavy atom. The molecule has 2 aliphatic rings. The molecule has 1 aromatic rings. The summed E-state index contributed by atoms with van der Waals surface area (Å²) in [7, 11) is 0. The van der Waals surface area contributed by atoms with Crippen LogP contribution in [0, 0.1) is 5.92 Å². The average Bonchev–Trinajstić information content (AvgIpc) is 2.88. The number of hydrogen-bond acceptors (Lipinski definition) is 3. The molecule has 1 fully saturated rings. The van der Waals surface area contributed by atoms with Crippen LogP contribution >= 0.6 is 0 Å². The van der Waals surface area contributed by atoms with Crippen molar-refractivity contribution in [3.8, 4) is 0 Å². The minimum atomic E-state index is 0.628. The number of aromatic nitrogens is 2. The van der Waals surface area contributed by atoms with Crippen LogP contribution in [0.1, 0.15) is 56.1 Å². The molecule has 0 radical (unpaired) electrons. The Kier molecular flexibility index (Phi) is 2.77. The second-order valence-electron chi connectivity index (χ2n) is 5.46. The maximum absolute atomic E-state index is 4.78. The van der Waals surface area contributed by atoms with Crippen LogP contribution in [-0.4, -0.2) is 16.5 Å². The first-order valence-corrected chi connectivity index (χ1v) is 6.93. The molecule has 0 saturated heterocycles. The normalized spacial score (nSPS) is 25.8. The van der Waals surface area contributed by atoms with Crippen molar-refractivity contribution in [3.05, 3.63) is 17.1 Å². The van der Waals surface area contributed by atoms with Gasteiger partial charge in [-0.2, -0.15) is 0 Å². The third-order valence-corrected chi connectivity index (χ3v) is 3.93. The van der Waals surface area contributed by atoms with Gasteiger partial charge in [0.05, 0.1) is 0 Å². The number of nitrogens with one attached hydrogen (secondary N) is 1. The summed E-state index contributed by atoms with van der Waals surface area (Å²) in [6, 6.07) is 0. The molecule has 1 N–H and O–H groups in total. The number of anilines is 1. The summed E-state index contributed by atoms with van der Waals surface area (Å²) >= 11 is 0. The molecule has 3 nitrogen and oxygen atoms in total. The predicted molar refractivity (Wildman–Crippen MR) is 69.4 cm³/mol. The van der Waals surface area contributed by atoms with Crippen LogP contribution in [0.2, 0.25) is 0 Å². The lowest BCUT2D eigenvalue weighted by Gasteiger charge is -2.11. The van der Waals surface area contributed by atoms with Crippen molar-refractivity contribution in [2.75, 3.05) is 11.9 Å². The highest BCUT2D eigenvalue weighted by atomic mass is 15.0. The fourth-order valence-corrected chi connectivity index (χ4v) is 2.69. The van der Waals surface area contributed by atoms with Crippen molar-refractivity contribution in [1.29, 1.82) is 0 Å². The average molecular weight is 231 g/mol. The molecular formula is C14H21N3. The SMILES string of the molecule is CCCNc1nc(C2CC2C)nc2c1CCC2. The molecular weight excluding hydrogens is 210 g/mol. The van der Waals surface area contributed by atoms with Crippen LogP contribution in [0.15, 0.2) is 0 Å². The summed E-state index contributed by atoms with van der Waals surface area (Å²) < 4.78 is 0. The number of fused-ring (bicyclic) bond motifs is 1. The van der Waals surface area contributed by atoms with Crippen LogP contribution in [-0.2, 0) is 12.8 Å². The summed E-state index contributed by atoms with van der Waals surface area (Å²) in [6.45, 7) is 5.50. The molecule has 0 aliphatic heterocycles. The lowest BCUT2D eigenvalue weighted by molar-refractivity contribution is 0.820. The molecule has 17 heavy (non-hydrogen) atoms. The van der Waals surface area contributed by atoms with Crippen molar-refractivity contribution in [2.24, 2.45) is 5.92 Å². The third kappa shape index (κ3) is 2.03. The number of nitrogens with zero attached hydrogens (tertiary/aromatic N) is 2. The van der Waals surface area contributed by atoms with Gasteiger partial charge in [0, 0.05) is 23.7 Å². The molecule has 3 rings (SSSR count). The zero-order valence-electron chi connectivity index (χ0n) is 10.8. The summed E-state index contributed by atoms with van der Waals surface area (Å²) in [5.41, 5.74) is 2.70. The summed E-state index contributed by atoms with van der Waals surface area (Å²) in [6.07, 6.45) is 5.96. The van der Waals surface area contributed by atoms with Gasteiger partial charge in [-0.05, 0) is 38.0 Å². The molecule has 0 amide bonds. The van der Waals surface area contributed by atoms with E-state index in [0.29, 0.717) is 5.92 Å². The van der Waals surface area contributed by atoms with Crippen molar-refractivity contribution in [2.45, 2.75) is 51.9 Å². The van der Waals surface area contributed by atoms with Crippen molar-refractivity contribution in [3.63, 3.8) is 0 Å². The minimum absolute atomic E-state index is 0.628. The minimum Gasteiger partial charge on any atom is -0.370 e. The molecule has 2 aliphatic carbocycles. The molecule has 1 saturated carbocycles. The largest absolute Gasteiger partial charge is 0.370 e. The van der Waals surface area contributed by atoms with E-state index in [1.807, 2.05) is 0 Å². The maximum Gasteiger partial charge on any atom is 0.134 e. The van der Waals surface area contributed by atoms with E-state index in [1.54, 1.807) is 0 Å². The van der Waals surface area contributed by atoms with Crippen LogP contribution in [0.4, 0.5) is 5.82 Å². The van der Waals surface area contributed by atoms with E-state index < -0.39 is 0 Å². The maximum atomic E-state index is 4.78. The lowest BCUT2D eigenvalue weighted by Crippen LogP contribution is -2.09. The second kappa shape index (κ2) is 4.28. The van der Waals surface area contributed by atoms with E-state index in [9.17, 15) is 0 Å². The molecule has 2 atom stereocenters. The van der Waals surface area contributed by atoms with Crippen molar-refractivity contribution in [1.82, 2.24) is 9.97 Å². The van der Waals surface area contributed by atoms with E-state index >= 15 is 0 Å². The van der Waals surface area contributed by atoms with Gasteiger partial charge >= 0.3 is 0 Å². The van der Waals surface area contributed by atoms with E-state index in [4.69, 9.17) is 9.97 Å². The Balaban J connectivity index is 1.91. The first-order chi connectivity index (χ1) is 8.29. The first kappa shape index (κ1) is 11.0. The standard InChI is InChI=1S/C14H21N3/c1-3-7-15-13-10-5-4-6-12(10)16-14(17-13)11-8-9(11)2/h9,11H,3-8H2,1-2H3,(H,15,16,17). The number of rotatable bonds is 4. The van der Waals surface area contributed by atoms with Gasteiger partial charge in [-0.15, -0.1) is 0 Å². The van der Waals surface area contributed by atoms with E-state index in [-0.39, 0.29) is 0 Å². The third-order valence-electron chi connectivity index (χ3n) is 3.93. The Morgan fingerprint density at radius 1 is 1.29 bits per heavy atom. The van der Waals surface area contributed by atoms with Crippen LogP contribution < -0.4 is 5.32 Å². The first-order valence-electron chi connectivity index (χ1n) is 6.93. The Labute approximate surface area is 103 Å². The van der Waals surface area contributed by atoms with E-state index in [2.05, 4.69) is 19.2 Å². The molecule has 3 heteroatoms. The van der Waals surface area contributed by atoms with Crippen LogP contribution in [0.3, 0.4) is 0 Å². The lowest BCUT2D eigenvalue weighted by atomic mass is 10.2. The predicted octanol–water partition coefficient (Wildman–Crippen LogP) is 2.91. The fourth-order valence-electron chi connectivity index (χ4n) is 2.69. The molecule has 1 heterocycles. The summed E-state index contributed by atoms with van der Waals surface area (Å²) in [5, 5.41) is 3.48. The van der Waals surface area contributed by atoms with Gasteiger partial charge in [-0.25, -0.2) is 9.97 Å². The number of aryl methyl sites for hydroxylation is 1.